The number of hydrogen-bond donors (Lipinski definition) is 1. The maximum Gasteiger partial charge on any atom is 0.300 e. The van der Waals surface area contributed by atoms with Crippen LogP contribution in [0.1, 0.15) is 73.0 Å². The van der Waals surface area contributed by atoms with Crippen molar-refractivity contribution in [3.63, 3.8) is 0 Å². The Morgan fingerprint density at radius 3 is 1.53 bits per heavy atom. The van der Waals surface area contributed by atoms with Crippen LogP contribution < -0.4 is 4.74 Å². The van der Waals surface area contributed by atoms with Crippen LogP contribution in [0, 0.1) is 23.3 Å². The van der Waals surface area contributed by atoms with Gasteiger partial charge < -0.3 is 4.74 Å². The van der Waals surface area contributed by atoms with E-state index in [0.717, 1.165) is 55.2 Å². The summed E-state index contributed by atoms with van der Waals surface area (Å²) in [6.45, 7) is 0. The fourth-order valence-electron chi connectivity index (χ4n) is 3.87. The van der Waals surface area contributed by atoms with Gasteiger partial charge in [0.2, 0.25) is 17.4 Å². The highest BCUT2D eigenvalue weighted by atomic mass is 32.2. The van der Waals surface area contributed by atoms with Crippen LogP contribution in [-0.2, 0) is 10.1 Å². The summed E-state index contributed by atoms with van der Waals surface area (Å²) < 4.78 is 94.3. The Bertz CT molecular complexity index is 1100. The molecule has 2 aromatic rings. The van der Waals surface area contributed by atoms with Crippen LogP contribution in [0.2, 0.25) is 0 Å². The molecule has 0 amide bonds. The summed E-state index contributed by atoms with van der Waals surface area (Å²) >= 11 is 0. The Labute approximate surface area is 170 Å². The molecule has 0 spiro atoms. The van der Waals surface area contributed by atoms with Crippen LogP contribution in [-0.4, -0.2) is 13.0 Å². The zero-order valence-corrected chi connectivity index (χ0v) is 16.5. The lowest BCUT2D eigenvalue weighted by atomic mass is 9.96. The summed E-state index contributed by atoms with van der Waals surface area (Å²) in [6, 6.07) is 3.90. The highest BCUT2D eigenvalue weighted by molar-refractivity contribution is 7.85. The summed E-state index contributed by atoms with van der Waals surface area (Å²) in [7, 11) is -5.52. The number of hydrogen-bond acceptors (Lipinski definition) is 3. The Morgan fingerprint density at radius 2 is 1.17 bits per heavy atom. The molecule has 0 atom stereocenters. The van der Waals surface area contributed by atoms with E-state index in [1.807, 2.05) is 12.1 Å². The van der Waals surface area contributed by atoms with Crippen molar-refractivity contribution < 1.29 is 35.3 Å². The molecule has 0 unspecified atom stereocenters. The molecule has 3 aliphatic carbocycles. The van der Waals surface area contributed by atoms with Gasteiger partial charge in [-0.25, -0.2) is 8.78 Å². The number of rotatable bonds is 6. The molecule has 0 bridgehead atoms. The summed E-state index contributed by atoms with van der Waals surface area (Å²) in [5.41, 5.74) is 2.67. The van der Waals surface area contributed by atoms with Crippen molar-refractivity contribution in [1.82, 2.24) is 0 Å². The monoisotopic (exact) mass is 442 g/mol. The van der Waals surface area contributed by atoms with Gasteiger partial charge in [0, 0.05) is 0 Å². The number of ether oxygens (including phenoxy) is 1. The second kappa shape index (κ2) is 6.68. The highest BCUT2D eigenvalue weighted by Crippen LogP contribution is 2.55. The van der Waals surface area contributed by atoms with Gasteiger partial charge in [0.05, 0.1) is 0 Å². The topological polar surface area (TPSA) is 63.6 Å². The number of halogens is 4. The molecule has 30 heavy (non-hydrogen) atoms. The van der Waals surface area contributed by atoms with Gasteiger partial charge in [0.15, 0.2) is 16.5 Å². The lowest BCUT2D eigenvalue weighted by Crippen LogP contribution is -2.12. The molecule has 3 fully saturated rings. The Morgan fingerprint density at radius 1 is 0.733 bits per heavy atom. The van der Waals surface area contributed by atoms with Crippen LogP contribution >= 0.6 is 0 Å². The van der Waals surface area contributed by atoms with Crippen LogP contribution in [0.5, 0.6) is 11.5 Å². The van der Waals surface area contributed by atoms with Gasteiger partial charge in [-0.05, 0) is 73.0 Å². The van der Waals surface area contributed by atoms with E-state index >= 15 is 0 Å². The predicted molar refractivity (Wildman–Crippen MR) is 98.5 cm³/mol. The first-order valence-electron chi connectivity index (χ1n) is 9.85. The van der Waals surface area contributed by atoms with E-state index in [4.69, 9.17) is 9.29 Å². The molecule has 0 aromatic heterocycles. The molecular formula is C21H18F4O4S. The van der Waals surface area contributed by atoms with E-state index in [1.165, 1.54) is 0 Å². The Balaban J connectivity index is 1.66. The SMILES string of the molecule is O=S(=O)(O)c1c(F)c(F)c(Oc2c(C3CC3)cc(C3CC3)cc2C2CC2)c(F)c1F. The van der Waals surface area contributed by atoms with Gasteiger partial charge in [0.1, 0.15) is 5.75 Å². The Hall–Kier alpha value is -2.13. The maximum atomic E-state index is 14.6. The summed E-state index contributed by atoms with van der Waals surface area (Å²) in [5, 5.41) is 0. The van der Waals surface area contributed by atoms with E-state index in [9.17, 15) is 26.0 Å². The summed E-state index contributed by atoms with van der Waals surface area (Å²) in [6.07, 6.45) is 5.66. The van der Waals surface area contributed by atoms with Crippen LogP contribution in [0.4, 0.5) is 17.6 Å². The third-order valence-electron chi connectivity index (χ3n) is 5.90. The molecule has 5 rings (SSSR count). The van der Waals surface area contributed by atoms with Crippen molar-refractivity contribution in [2.24, 2.45) is 0 Å². The molecule has 9 heteroatoms. The van der Waals surface area contributed by atoms with Gasteiger partial charge in [-0.2, -0.15) is 17.2 Å². The second-order valence-electron chi connectivity index (χ2n) is 8.34. The minimum atomic E-state index is -5.52. The molecule has 0 heterocycles. The quantitative estimate of drug-likeness (QED) is 0.343. The standard InChI is InChI=1S/C21H18F4O4S/c22-15-17(24)21(30(26,27)28)18(25)16(23)20(15)29-19-13(10-3-4-10)7-12(9-1-2-9)8-14(19)11-5-6-11/h7-11H,1-6H2,(H,26,27,28). The van der Waals surface area contributed by atoms with E-state index < -0.39 is 44.0 Å². The van der Waals surface area contributed by atoms with Crippen molar-refractivity contribution in [2.45, 2.75) is 61.2 Å². The molecule has 0 aliphatic heterocycles. The largest absolute Gasteiger partial charge is 0.450 e. The zero-order chi connectivity index (χ0) is 21.4. The van der Waals surface area contributed by atoms with E-state index in [1.54, 1.807) is 0 Å². The van der Waals surface area contributed by atoms with Gasteiger partial charge in [-0.3, -0.25) is 4.55 Å². The van der Waals surface area contributed by atoms with Gasteiger partial charge >= 0.3 is 10.1 Å². The van der Waals surface area contributed by atoms with Gasteiger partial charge in [0.25, 0.3) is 0 Å². The lowest BCUT2D eigenvalue weighted by Gasteiger charge is -2.19. The molecule has 2 aromatic carbocycles. The fraction of sp³-hybridized carbons (Fsp3) is 0.429. The zero-order valence-electron chi connectivity index (χ0n) is 15.7. The van der Waals surface area contributed by atoms with Crippen molar-refractivity contribution in [1.29, 1.82) is 0 Å². The fourth-order valence-corrected chi connectivity index (χ4v) is 4.51. The first-order valence-corrected chi connectivity index (χ1v) is 11.3. The average Bonchev–Trinajstić information content (AvgIpc) is 3.56. The van der Waals surface area contributed by atoms with Crippen LogP contribution in [0.15, 0.2) is 17.0 Å². The third kappa shape index (κ3) is 3.37. The molecule has 3 aliphatic rings. The average molecular weight is 442 g/mol. The highest BCUT2D eigenvalue weighted by Gasteiger charge is 2.38. The van der Waals surface area contributed by atoms with Gasteiger partial charge in [-0.15, -0.1) is 0 Å². The second-order valence-corrected chi connectivity index (χ2v) is 9.70. The predicted octanol–water partition coefficient (Wildman–Crippen LogP) is 5.91. The summed E-state index contributed by atoms with van der Waals surface area (Å²) in [5.74, 6) is -8.85. The smallest absolute Gasteiger partial charge is 0.300 e. The van der Waals surface area contributed by atoms with E-state index in [-0.39, 0.29) is 17.6 Å². The molecule has 1 N–H and O–H groups in total. The van der Waals surface area contributed by atoms with E-state index in [2.05, 4.69) is 0 Å². The van der Waals surface area contributed by atoms with E-state index in [0.29, 0.717) is 5.92 Å². The summed E-state index contributed by atoms with van der Waals surface area (Å²) in [4.78, 5) is -2.07. The molecular weight excluding hydrogens is 424 g/mol. The van der Waals surface area contributed by atoms with Crippen molar-refractivity contribution >= 4 is 10.1 Å². The minimum absolute atomic E-state index is 0.147. The molecule has 4 nitrogen and oxygen atoms in total. The normalized spacial score (nSPS) is 19.2. The molecule has 160 valence electrons. The first kappa shape index (κ1) is 19.8. The number of benzene rings is 2. The minimum Gasteiger partial charge on any atom is -0.450 e. The first-order chi connectivity index (χ1) is 14.2. The van der Waals surface area contributed by atoms with Crippen molar-refractivity contribution in [3.8, 4) is 11.5 Å². The molecule has 0 radical (unpaired) electrons. The lowest BCUT2D eigenvalue weighted by molar-refractivity contribution is 0.343. The third-order valence-corrected chi connectivity index (χ3v) is 6.77. The van der Waals surface area contributed by atoms with Crippen LogP contribution in [0.3, 0.4) is 0 Å². The Kier molecular flexibility index (Phi) is 4.41. The maximum absolute atomic E-state index is 14.6. The molecule has 3 saturated carbocycles. The van der Waals surface area contributed by atoms with Gasteiger partial charge in [-0.1, -0.05) is 12.1 Å². The van der Waals surface area contributed by atoms with Crippen molar-refractivity contribution in [3.05, 3.63) is 52.1 Å². The van der Waals surface area contributed by atoms with Crippen molar-refractivity contribution in [2.75, 3.05) is 0 Å². The molecule has 0 saturated heterocycles. The van der Waals surface area contributed by atoms with Crippen LogP contribution in [0.25, 0.3) is 0 Å².